The Bertz CT molecular complexity index is 1030. The first-order chi connectivity index (χ1) is 16.4. The van der Waals surface area contributed by atoms with Crippen molar-refractivity contribution in [3.63, 3.8) is 0 Å². The molecule has 0 aliphatic carbocycles. The van der Waals surface area contributed by atoms with Gasteiger partial charge in [-0.1, -0.05) is 30.1 Å². The maximum atomic E-state index is 13.2. The van der Waals surface area contributed by atoms with Crippen LogP contribution >= 0.6 is 23.2 Å². The molecule has 182 valence electrons. The van der Waals surface area contributed by atoms with E-state index in [0.29, 0.717) is 39.4 Å². The number of urea groups is 1. The highest BCUT2D eigenvalue weighted by atomic mass is 35.5. The average Bonchev–Trinajstić information content (AvgIpc) is 3.34. The third-order valence-electron chi connectivity index (χ3n) is 6.32. The second kappa shape index (κ2) is 11.3. The minimum atomic E-state index is -0.441. The van der Waals surface area contributed by atoms with Gasteiger partial charge in [0.2, 0.25) is 0 Å². The van der Waals surface area contributed by atoms with Crippen molar-refractivity contribution in [2.24, 2.45) is 5.92 Å². The molecule has 34 heavy (non-hydrogen) atoms. The summed E-state index contributed by atoms with van der Waals surface area (Å²) in [6, 6.07) is 9.87. The highest BCUT2D eigenvalue weighted by Crippen LogP contribution is 2.29. The zero-order chi connectivity index (χ0) is 24.1. The first kappa shape index (κ1) is 24.6. The number of rotatable bonds is 6. The van der Waals surface area contributed by atoms with Crippen LogP contribution in [0.2, 0.25) is 10.0 Å². The van der Waals surface area contributed by atoms with Gasteiger partial charge in [-0.3, -0.25) is 4.79 Å². The van der Waals surface area contributed by atoms with Gasteiger partial charge >= 0.3 is 6.03 Å². The van der Waals surface area contributed by atoms with Crippen LogP contribution in [0.1, 0.15) is 43.0 Å². The van der Waals surface area contributed by atoms with Crippen LogP contribution in [-0.4, -0.2) is 44.3 Å². The van der Waals surface area contributed by atoms with E-state index in [9.17, 15) is 9.59 Å². The molecule has 2 aliphatic heterocycles. The summed E-state index contributed by atoms with van der Waals surface area (Å²) in [6.45, 7) is 5.28. The van der Waals surface area contributed by atoms with Crippen LogP contribution in [0.15, 0.2) is 36.4 Å². The van der Waals surface area contributed by atoms with Crippen molar-refractivity contribution < 1.29 is 14.3 Å². The number of carbonyl (C=O) groups is 2. The van der Waals surface area contributed by atoms with Gasteiger partial charge in [0.25, 0.3) is 5.91 Å². The fourth-order valence-corrected chi connectivity index (χ4v) is 4.59. The minimum Gasteiger partial charge on any atom is -0.376 e. The lowest BCUT2D eigenvalue weighted by Crippen LogP contribution is -2.36. The van der Waals surface area contributed by atoms with E-state index in [1.165, 1.54) is 0 Å². The standard InChI is InChI=1S/C25H30Cl2N4O3/c1-16-8-10-31(11-9-16)23-7-5-17(13-20(23)24(32)28-15-19-3-2-12-34-19)29-25(33)30-18-4-6-21(26)22(27)14-18/h4-7,13-14,16,19H,2-3,8-12,15H2,1H3,(H,28,32)(H2,29,30,33)/t19-/m1/s1. The summed E-state index contributed by atoms with van der Waals surface area (Å²) in [4.78, 5) is 28.0. The molecular weight excluding hydrogens is 475 g/mol. The lowest BCUT2D eigenvalue weighted by atomic mass is 9.97. The number of piperidine rings is 1. The molecule has 0 saturated carbocycles. The van der Waals surface area contributed by atoms with Gasteiger partial charge in [-0.05, 0) is 68.0 Å². The molecule has 2 aliphatic rings. The average molecular weight is 505 g/mol. The third-order valence-corrected chi connectivity index (χ3v) is 7.05. The Morgan fingerprint density at radius 3 is 2.38 bits per heavy atom. The van der Waals surface area contributed by atoms with E-state index < -0.39 is 6.03 Å². The van der Waals surface area contributed by atoms with E-state index in [4.69, 9.17) is 27.9 Å². The number of carbonyl (C=O) groups excluding carboxylic acids is 2. The largest absolute Gasteiger partial charge is 0.376 e. The summed E-state index contributed by atoms with van der Waals surface area (Å²) >= 11 is 12.0. The van der Waals surface area contributed by atoms with Gasteiger partial charge in [0.15, 0.2) is 0 Å². The normalized spacial score (nSPS) is 18.6. The summed E-state index contributed by atoms with van der Waals surface area (Å²) < 4.78 is 5.64. The number of amides is 3. The van der Waals surface area contributed by atoms with Gasteiger partial charge < -0.3 is 25.6 Å². The smallest absolute Gasteiger partial charge is 0.323 e. The van der Waals surface area contributed by atoms with E-state index in [1.807, 2.05) is 12.1 Å². The summed E-state index contributed by atoms with van der Waals surface area (Å²) in [7, 11) is 0. The Morgan fingerprint density at radius 1 is 1.00 bits per heavy atom. The van der Waals surface area contributed by atoms with Gasteiger partial charge in [0, 0.05) is 43.3 Å². The van der Waals surface area contributed by atoms with E-state index >= 15 is 0 Å². The first-order valence-corrected chi connectivity index (χ1v) is 12.5. The number of halogens is 2. The molecule has 2 fully saturated rings. The Balaban J connectivity index is 1.49. The lowest BCUT2D eigenvalue weighted by Gasteiger charge is -2.33. The molecule has 3 amide bonds. The van der Waals surface area contributed by atoms with Crippen molar-refractivity contribution in [3.8, 4) is 0 Å². The number of hydrogen-bond donors (Lipinski definition) is 3. The predicted molar refractivity (Wildman–Crippen MR) is 137 cm³/mol. The molecule has 9 heteroatoms. The van der Waals surface area contributed by atoms with Gasteiger partial charge in [0.1, 0.15) is 0 Å². The molecule has 2 aromatic rings. The molecule has 0 bridgehead atoms. The number of nitrogens with one attached hydrogen (secondary N) is 3. The fourth-order valence-electron chi connectivity index (χ4n) is 4.30. The monoisotopic (exact) mass is 504 g/mol. The molecule has 2 heterocycles. The SMILES string of the molecule is CC1CCN(c2ccc(NC(=O)Nc3ccc(Cl)c(Cl)c3)cc2C(=O)NC[C@H]2CCCO2)CC1. The number of nitrogens with zero attached hydrogens (tertiary/aromatic N) is 1. The molecule has 0 spiro atoms. The van der Waals surface area contributed by atoms with Crippen molar-refractivity contribution in [1.29, 1.82) is 0 Å². The second-order valence-electron chi connectivity index (χ2n) is 8.95. The minimum absolute atomic E-state index is 0.0570. The fraction of sp³-hybridized carbons (Fsp3) is 0.440. The quantitative estimate of drug-likeness (QED) is 0.465. The molecule has 2 aromatic carbocycles. The van der Waals surface area contributed by atoms with E-state index in [-0.39, 0.29) is 12.0 Å². The lowest BCUT2D eigenvalue weighted by molar-refractivity contribution is 0.0858. The molecule has 1 atom stereocenters. The Labute approximate surface area is 210 Å². The Kier molecular flexibility index (Phi) is 8.19. The van der Waals surface area contributed by atoms with Crippen LogP contribution in [0.3, 0.4) is 0 Å². The maximum Gasteiger partial charge on any atom is 0.323 e. The molecule has 3 N–H and O–H groups in total. The number of hydrogen-bond acceptors (Lipinski definition) is 4. The van der Waals surface area contributed by atoms with Crippen LogP contribution in [0, 0.1) is 5.92 Å². The van der Waals surface area contributed by atoms with E-state index in [1.54, 1.807) is 24.3 Å². The third kappa shape index (κ3) is 6.34. The van der Waals surface area contributed by atoms with Gasteiger partial charge in [-0.25, -0.2) is 4.79 Å². The predicted octanol–water partition coefficient (Wildman–Crippen LogP) is 5.78. The van der Waals surface area contributed by atoms with Crippen LogP contribution in [0.5, 0.6) is 0 Å². The maximum absolute atomic E-state index is 13.2. The van der Waals surface area contributed by atoms with Crippen molar-refractivity contribution in [3.05, 3.63) is 52.0 Å². The summed E-state index contributed by atoms with van der Waals surface area (Å²) in [5.74, 6) is 0.511. The molecule has 4 rings (SSSR count). The van der Waals surface area contributed by atoms with Gasteiger partial charge in [0.05, 0.1) is 21.7 Å². The number of ether oxygens (including phenoxy) is 1. The van der Waals surface area contributed by atoms with Gasteiger partial charge in [-0.15, -0.1) is 0 Å². The van der Waals surface area contributed by atoms with Gasteiger partial charge in [-0.2, -0.15) is 0 Å². The molecule has 0 radical (unpaired) electrons. The van der Waals surface area contributed by atoms with Crippen molar-refractivity contribution >= 4 is 52.2 Å². The second-order valence-corrected chi connectivity index (χ2v) is 9.77. The highest BCUT2D eigenvalue weighted by molar-refractivity contribution is 6.42. The first-order valence-electron chi connectivity index (χ1n) is 11.7. The topological polar surface area (TPSA) is 82.7 Å². The van der Waals surface area contributed by atoms with Crippen LogP contribution in [-0.2, 0) is 4.74 Å². The molecule has 0 aromatic heterocycles. The van der Waals surface area contributed by atoms with Crippen LogP contribution in [0.4, 0.5) is 21.9 Å². The molecule has 0 unspecified atom stereocenters. The molecule has 7 nitrogen and oxygen atoms in total. The van der Waals surface area contributed by atoms with E-state index in [0.717, 1.165) is 51.1 Å². The van der Waals surface area contributed by atoms with Crippen LogP contribution in [0.25, 0.3) is 0 Å². The van der Waals surface area contributed by atoms with Crippen LogP contribution < -0.4 is 20.9 Å². The Hall–Kier alpha value is -2.48. The van der Waals surface area contributed by atoms with E-state index in [2.05, 4.69) is 27.8 Å². The number of anilines is 3. The zero-order valence-corrected chi connectivity index (χ0v) is 20.7. The Morgan fingerprint density at radius 2 is 1.71 bits per heavy atom. The zero-order valence-electron chi connectivity index (χ0n) is 19.2. The summed E-state index contributed by atoms with van der Waals surface area (Å²) in [5, 5.41) is 9.31. The van der Waals surface area contributed by atoms with Crippen molar-refractivity contribution in [2.75, 3.05) is 41.8 Å². The summed E-state index contributed by atoms with van der Waals surface area (Å²) in [5.41, 5.74) is 2.46. The molecular formula is C25H30Cl2N4O3. The highest BCUT2D eigenvalue weighted by Gasteiger charge is 2.23. The van der Waals surface area contributed by atoms with Crippen molar-refractivity contribution in [2.45, 2.75) is 38.7 Å². The van der Waals surface area contributed by atoms with Crippen molar-refractivity contribution in [1.82, 2.24) is 5.32 Å². The molecule has 2 saturated heterocycles. The summed E-state index contributed by atoms with van der Waals surface area (Å²) in [6.07, 6.45) is 4.20. The number of benzene rings is 2.